The summed E-state index contributed by atoms with van der Waals surface area (Å²) < 4.78 is 28.1. The molecule has 142 valence electrons. The number of ether oxygens (including phenoxy) is 1. The molecule has 1 aliphatic rings. The summed E-state index contributed by atoms with van der Waals surface area (Å²) in [4.78, 5) is 16.8. The van der Waals surface area contributed by atoms with Crippen LogP contribution in [0, 0.1) is 6.92 Å². The van der Waals surface area contributed by atoms with Crippen molar-refractivity contribution in [2.24, 2.45) is 10.3 Å². The normalized spacial score (nSPS) is 16.6. The molecule has 1 aliphatic heterocycles. The van der Waals surface area contributed by atoms with E-state index in [1.807, 2.05) is 25.1 Å². The fourth-order valence-corrected chi connectivity index (χ4v) is 3.36. The van der Waals surface area contributed by atoms with Gasteiger partial charge in [0.2, 0.25) is 15.9 Å². The highest BCUT2D eigenvalue weighted by Crippen LogP contribution is 2.31. The zero-order chi connectivity index (χ0) is 19.6. The molecule has 0 aromatic heterocycles. The number of esters is 1. The molecular formula is C19H20N2O5S. The molecule has 1 unspecified atom stereocenters. The summed E-state index contributed by atoms with van der Waals surface area (Å²) in [6.07, 6.45) is 0.251. The second-order valence-electron chi connectivity index (χ2n) is 6.25. The van der Waals surface area contributed by atoms with Crippen LogP contribution in [0.4, 0.5) is 0 Å². The van der Waals surface area contributed by atoms with E-state index in [0.717, 1.165) is 22.3 Å². The van der Waals surface area contributed by atoms with E-state index in [1.165, 1.54) is 12.1 Å². The Bertz CT molecular complexity index is 997. The average Bonchev–Trinajstić information content (AvgIpc) is 3.09. The lowest BCUT2D eigenvalue weighted by Gasteiger charge is -2.15. The second-order valence-corrected chi connectivity index (χ2v) is 7.81. The van der Waals surface area contributed by atoms with Gasteiger partial charge in [-0.3, -0.25) is 4.79 Å². The summed E-state index contributed by atoms with van der Waals surface area (Å²) >= 11 is 0. The van der Waals surface area contributed by atoms with Crippen molar-refractivity contribution in [3.05, 3.63) is 53.6 Å². The van der Waals surface area contributed by atoms with E-state index < -0.39 is 10.0 Å². The van der Waals surface area contributed by atoms with Crippen molar-refractivity contribution in [3.63, 3.8) is 0 Å². The minimum atomic E-state index is -3.73. The molecule has 0 aliphatic carbocycles. The molecule has 3 rings (SSSR count). The minimum absolute atomic E-state index is 0.0590. The number of carbonyl (C=O) groups excluding carboxylic acids is 1. The van der Waals surface area contributed by atoms with Gasteiger partial charge in [0.05, 0.1) is 4.90 Å². The van der Waals surface area contributed by atoms with Gasteiger partial charge in [-0.05, 0) is 47.4 Å². The van der Waals surface area contributed by atoms with E-state index in [9.17, 15) is 13.2 Å². The number of aryl methyl sites for hydroxylation is 1. The van der Waals surface area contributed by atoms with E-state index in [2.05, 4.69) is 5.16 Å². The molecule has 0 bridgehead atoms. The number of oxime groups is 1. The van der Waals surface area contributed by atoms with Crippen molar-refractivity contribution in [1.82, 2.24) is 0 Å². The SMILES string of the molecule is CCC(=O)OC1=NOCC1c1cc(-c2ccc(S(N)(=O)=O)cc2)ccc1C. The highest BCUT2D eigenvalue weighted by Gasteiger charge is 2.30. The van der Waals surface area contributed by atoms with E-state index in [0.29, 0.717) is 6.61 Å². The van der Waals surface area contributed by atoms with Gasteiger partial charge in [-0.2, -0.15) is 0 Å². The number of benzene rings is 2. The van der Waals surface area contributed by atoms with Crippen LogP contribution in [-0.2, 0) is 24.4 Å². The summed E-state index contributed by atoms with van der Waals surface area (Å²) in [5.41, 5.74) is 3.68. The fraction of sp³-hybridized carbons (Fsp3) is 0.263. The van der Waals surface area contributed by atoms with Crippen LogP contribution in [0.3, 0.4) is 0 Å². The van der Waals surface area contributed by atoms with Crippen LogP contribution in [0.5, 0.6) is 0 Å². The number of rotatable bonds is 4. The smallest absolute Gasteiger partial charge is 0.312 e. The third kappa shape index (κ3) is 4.17. The minimum Gasteiger partial charge on any atom is -0.407 e. The molecule has 2 aromatic rings. The molecule has 1 atom stereocenters. The van der Waals surface area contributed by atoms with Crippen molar-refractivity contribution in [1.29, 1.82) is 0 Å². The zero-order valence-corrected chi connectivity index (χ0v) is 15.8. The Labute approximate surface area is 157 Å². The van der Waals surface area contributed by atoms with Crippen molar-refractivity contribution in [2.45, 2.75) is 31.1 Å². The van der Waals surface area contributed by atoms with Crippen LogP contribution in [0.25, 0.3) is 11.1 Å². The van der Waals surface area contributed by atoms with Crippen LogP contribution in [0.15, 0.2) is 52.5 Å². The molecule has 0 fully saturated rings. The lowest BCUT2D eigenvalue weighted by Crippen LogP contribution is -2.19. The molecular weight excluding hydrogens is 368 g/mol. The number of carbonyl (C=O) groups is 1. The third-order valence-corrected chi connectivity index (χ3v) is 5.30. The van der Waals surface area contributed by atoms with E-state index >= 15 is 0 Å². The first-order chi connectivity index (χ1) is 12.8. The molecule has 8 heteroatoms. The Hall–Kier alpha value is -2.71. The maximum atomic E-state index is 11.6. The molecule has 7 nitrogen and oxygen atoms in total. The van der Waals surface area contributed by atoms with Gasteiger partial charge in [-0.25, -0.2) is 13.6 Å². The Kier molecular flexibility index (Phi) is 5.29. The summed E-state index contributed by atoms with van der Waals surface area (Å²) in [7, 11) is -3.73. The monoisotopic (exact) mass is 388 g/mol. The lowest BCUT2D eigenvalue weighted by atomic mass is 9.91. The van der Waals surface area contributed by atoms with Gasteiger partial charge in [0.15, 0.2) is 0 Å². The van der Waals surface area contributed by atoms with Crippen LogP contribution >= 0.6 is 0 Å². The number of nitrogens with two attached hydrogens (primary N) is 1. The summed E-state index contributed by atoms with van der Waals surface area (Å²) in [6.45, 7) is 3.96. The van der Waals surface area contributed by atoms with Gasteiger partial charge in [0.1, 0.15) is 12.5 Å². The standard InChI is InChI=1S/C19H20N2O5S/c1-3-18(22)26-19-17(11-25-21-19)16-10-14(5-4-12(16)2)13-6-8-15(9-7-13)27(20,23)24/h4-10,17H,3,11H2,1-2H3,(H2,20,23,24). The molecule has 2 N–H and O–H groups in total. The van der Waals surface area contributed by atoms with Crippen molar-refractivity contribution >= 4 is 21.9 Å². The Balaban J connectivity index is 1.93. The van der Waals surface area contributed by atoms with Gasteiger partial charge in [-0.15, -0.1) is 0 Å². The number of hydrogen-bond acceptors (Lipinski definition) is 6. The maximum Gasteiger partial charge on any atom is 0.312 e. The van der Waals surface area contributed by atoms with Crippen LogP contribution < -0.4 is 5.14 Å². The number of sulfonamides is 1. The average molecular weight is 388 g/mol. The Morgan fingerprint density at radius 3 is 2.52 bits per heavy atom. The second kappa shape index (κ2) is 7.50. The molecule has 1 heterocycles. The molecule has 2 aromatic carbocycles. The maximum absolute atomic E-state index is 11.6. The van der Waals surface area contributed by atoms with Gasteiger partial charge in [0.25, 0.3) is 0 Å². The Morgan fingerprint density at radius 2 is 1.89 bits per heavy atom. The predicted molar refractivity (Wildman–Crippen MR) is 100 cm³/mol. The molecule has 0 saturated carbocycles. The zero-order valence-electron chi connectivity index (χ0n) is 15.0. The van der Waals surface area contributed by atoms with Crippen molar-refractivity contribution in [2.75, 3.05) is 6.61 Å². The van der Waals surface area contributed by atoms with Gasteiger partial charge < -0.3 is 9.57 Å². The van der Waals surface area contributed by atoms with Gasteiger partial charge >= 0.3 is 5.97 Å². The first-order valence-electron chi connectivity index (χ1n) is 8.44. The van der Waals surface area contributed by atoms with E-state index in [4.69, 9.17) is 14.7 Å². The molecule has 0 radical (unpaired) electrons. The first-order valence-corrected chi connectivity index (χ1v) is 9.98. The lowest BCUT2D eigenvalue weighted by molar-refractivity contribution is -0.135. The predicted octanol–water partition coefficient (Wildman–Crippen LogP) is 2.69. The van der Waals surface area contributed by atoms with E-state index in [-0.39, 0.29) is 29.1 Å². The van der Waals surface area contributed by atoms with Crippen LogP contribution in [-0.4, -0.2) is 26.9 Å². The van der Waals surface area contributed by atoms with Crippen LogP contribution in [0.1, 0.15) is 30.4 Å². The summed E-state index contributed by atoms with van der Waals surface area (Å²) in [5, 5.41) is 9.00. The van der Waals surface area contributed by atoms with Crippen molar-refractivity contribution < 1.29 is 22.8 Å². The number of primary sulfonamides is 1. The fourth-order valence-electron chi connectivity index (χ4n) is 2.84. The molecule has 0 saturated heterocycles. The quantitative estimate of drug-likeness (QED) is 0.810. The van der Waals surface area contributed by atoms with Crippen LogP contribution in [0.2, 0.25) is 0 Å². The molecule has 0 spiro atoms. The summed E-state index contributed by atoms with van der Waals surface area (Å²) in [5.74, 6) is -0.382. The molecule has 27 heavy (non-hydrogen) atoms. The molecule has 0 amide bonds. The highest BCUT2D eigenvalue weighted by atomic mass is 32.2. The number of nitrogens with zero attached hydrogens (tertiary/aromatic N) is 1. The largest absolute Gasteiger partial charge is 0.407 e. The first kappa shape index (κ1) is 19.1. The Morgan fingerprint density at radius 1 is 1.22 bits per heavy atom. The highest BCUT2D eigenvalue weighted by molar-refractivity contribution is 7.89. The van der Waals surface area contributed by atoms with Gasteiger partial charge in [-0.1, -0.05) is 36.3 Å². The number of hydrogen-bond donors (Lipinski definition) is 1. The van der Waals surface area contributed by atoms with E-state index in [1.54, 1.807) is 19.1 Å². The third-order valence-electron chi connectivity index (χ3n) is 4.37. The topological polar surface area (TPSA) is 108 Å². The van der Waals surface area contributed by atoms with Crippen molar-refractivity contribution in [3.8, 4) is 11.1 Å². The summed E-state index contributed by atoms with van der Waals surface area (Å²) in [6, 6.07) is 12.2. The van der Waals surface area contributed by atoms with Gasteiger partial charge in [0, 0.05) is 6.42 Å².